The van der Waals surface area contributed by atoms with Crippen LogP contribution in [0.1, 0.15) is 68.4 Å². The Morgan fingerprint density at radius 2 is 1.68 bits per heavy atom. The second kappa shape index (κ2) is 12.8. The lowest BCUT2D eigenvalue weighted by molar-refractivity contribution is -0.151. The van der Waals surface area contributed by atoms with E-state index in [0.29, 0.717) is 42.7 Å². The molecule has 0 spiro atoms. The molecule has 8 nitrogen and oxygen atoms in total. The normalized spacial score (nSPS) is 21.0. The van der Waals surface area contributed by atoms with Crippen LogP contribution in [0.25, 0.3) is 0 Å². The summed E-state index contributed by atoms with van der Waals surface area (Å²) in [5, 5.41) is 5.75. The van der Waals surface area contributed by atoms with E-state index in [-0.39, 0.29) is 17.9 Å². The number of rotatable bonds is 8. The topological polar surface area (TPSA) is 97.0 Å². The summed E-state index contributed by atoms with van der Waals surface area (Å²) in [5.74, 6) is 1.42. The molecule has 1 aliphatic carbocycles. The maximum Gasteiger partial charge on any atom is 0.328 e. The van der Waals surface area contributed by atoms with Crippen molar-refractivity contribution in [1.29, 1.82) is 0 Å². The maximum absolute atomic E-state index is 12.7. The number of methoxy groups -OCH3 is 2. The molecule has 2 fully saturated rings. The lowest BCUT2D eigenvalue weighted by Gasteiger charge is -2.29. The van der Waals surface area contributed by atoms with Crippen molar-refractivity contribution in [3.8, 4) is 5.75 Å². The van der Waals surface area contributed by atoms with Crippen molar-refractivity contribution in [2.24, 2.45) is 5.92 Å². The number of likely N-dealkylation sites (tertiary alicyclic amines) is 1. The Kier molecular flexibility index (Phi) is 9.26. The van der Waals surface area contributed by atoms with Gasteiger partial charge < -0.3 is 25.0 Å². The average Bonchev–Trinajstić information content (AvgIpc) is 3.42. The van der Waals surface area contributed by atoms with Gasteiger partial charge in [0.05, 0.1) is 19.9 Å². The van der Waals surface area contributed by atoms with Crippen molar-refractivity contribution in [2.45, 2.75) is 70.3 Å². The zero-order chi connectivity index (χ0) is 27.1. The summed E-state index contributed by atoms with van der Waals surface area (Å²) in [6.07, 6.45) is 7.31. The first-order chi connectivity index (χ1) is 18.4. The zero-order valence-electron chi connectivity index (χ0n) is 22.6. The summed E-state index contributed by atoms with van der Waals surface area (Å²) >= 11 is 0. The lowest BCUT2D eigenvalue weighted by Crippen LogP contribution is -2.41. The van der Waals surface area contributed by atoms with Gasteiger partial charge in [0.2, 0.25) is 5.91 Å². The summed E-state index contributed by atoms with van der Waals surface area (Å²) in [6.45, 7) is 2.61. The number of carbonyl (C=O) groups excluding carboxylic acids is 3. The van der Waals surface area contributed by atoms with Crippen LogP contribution in [0.4, 0.5) is 16.2 Å². The van der Waals surface area contributed by atoms with Gasteiger partial charge in [-0.25, -0.2) is 9.59 Å². The number of hydrogen-bond acceptors (Lipinski definition) is 5. The molecule has 1 heterocycles. The molecule has 0 radical (unpaired) electrons. The van der Waals surface area contributed by atoms with E-state index in [1.54, 1.807) is 12.0 Å². The molecule has 2 aliphatic rings. The van der Waals surface area contributed by atoms with Gasteiger partial charge in [-0.05, 0) is 99.1 Å². The molecule has 1 atom stereocenters. The molecule has 204 valence electrons. The number of urea groups is 1. The quantitative estimate of drug-likeness (QED) is 0.424. The van der Waals surface area contributed by atoms with Crippen LogP contribution >= 0.6 is 0 Å². The molecule has 2 aromatic rings. The number of ether oxygens (including phenoxy) is 2. The van der Waals surface area contributed by atoms with Crippen LogP contribution < -0.4 is 15.4 Å². The Bertz CT molecular complexity index is 1130. The molecule has 0 aromatic heterocycles. The summed E-state index contributed by atoms with van der Waals surface area (Å²) in [5.41, 5.74) is 3.68. The van der Waals surface area contributed by atoms with E-state index in [0.717, 1.165) is 49.8 Å². The predicted octanol–water partition coefficient (Wildman–Crippen LogP) is 5.87. The largest absolute Gasteiger partial charge is 0.495 e. The molecule has 4 rings (SSSR count). The molecule has 3 amide bonds. The van der Waals surface area contributed by atoms with Crippen molar-refractivity contribution in [3.05, 3.63) is 53.6 Å². The first kappa shape index (κ1) is 27.5. The van der Waals surface area contributed by atoms with Crippen molar-refractivity contribution in [3.63, 3.8) is 0 Å². The van der Waals surface area contributed by atoms with Gasteiger partial charge in [-0.1, -0.05) is 18.2 Å². The molecule has 2 aromatic carbocycles. The monoisotopic (exact) mass is 521 g/mol. The SMILES string of the molecule is COC(=O)[C@H]1CCCN1C(=O)CC[C@H]1CC[C@@H](c2ccc(NC(=O)Nc3cc(C)ccc3OC)cc2)CC1. The van der Waals surface area contributed by atoms with E-state index in [4.69, 9.17) is 9.47 Å². The molecule has 1 aliphatic heterocycles. The van der Waals surface area contributed by atoms with Gasteiger partial charge >= 0.3 is 12.0 Å². The highest BCUT2D eigenvalue weighted by molar-refractivity contribution is 6.00. The Hall–Kier alpha value is -3.55. The summed E-state index contributed by atoms with van der Waals surface area (Å²) in [6, 6.07) is 13.0. The second-order valence-electron chi connectivity index (χ2n) is 10.4. The fourth-order valence-electron chi connectivity index (χ4n) is 5.74. The minimum Gasteiger partial charge on any atom is -0.495 e. The number of carbonyl (C=O) groups is 3. The van der Waals surface area contributed by atoms with Crippen molar-refractivity contribution < 1.29 is 23.9 Å². The van der Waals surface area contributed by atoms with Crippen LogP contribution in [0, 0.1) is 12.8 Å². The Morgan fingerprint density at radius 1 is 0.947 bits per heavy atom. The third-order valence-electron chi connectivity index (χ3n) is 7.90. The molecule has 1 saturated carbocycles. The van der Waals surface area contributed by atoms with Crippen molar-refractivity contribution in [1.82, 2.24) is 4.90 Å². The van der Waals surface area contributed by atoms with Gasteiger partial charge in [0, 0.05) is 18.7 Å². The Labute approximate surface area is 225 Å². The summed E-state index contributed by atoms with van der Waals surface area (Å²) in [4.78, 5) is 38.9. The minimum atomic E-state index is -0.405. The summed E-state index contributed by atoms with van der Waals surface area (Å²) < 4.78 is 10.2. The van der Waals surface area contributed by atoms with Gasteiger partial charge in [-0.15, -0.1) is 0 Å². The highest BCUT2D eigenvalue weighted by Gasteiger charge is 2.35. The fourth-order valence-corrected chi connectivity index (χ4v) is 5.74. The number of hydrogen-bond donors (Lipinski definition) is 2. The number of anilines is 2. The second-order valence-corrected chi connectivity index (χ2v) is 10.4. The molecule has 2 N–H and O–H groups in total. The van der Waals surface area contributed by atoms with Crippen LogP contribution in [0.2, 0.25) is 0 Å². The molecule has 1 saturated heterocycles. The lowest BCUT2D eigenvalue weighted by atomic mass is 9.77. The van der Waals surface area contributed by atoms with Gasteiger partial charge in [-0.2, -0.15) is 0 Å². The van der Waals surface area contributed by atoms with Crippen LogP contribution in [0.3, 0.4) is 0 Å². The number of nitrogens with zero attached hydrogens (tertiary/aromatic N) is 1. The van der Waals surface area contributed by atoms with Crippen molar-refractivity contribution >= 4 is 29.3 Å². The fraction of sp³-hybridized carbons (Fsp3) is 0.500. The van der Waals surface area contributed by atoms with Crippen LogP contribution in [0.5, 0.6) is 5.75 Å². The van der Waals surface area contributed by atoms with E-state index in [2.05, 4.69) is 22.8 Å². The van der Waals surface area contributed by atoms with Crippen LogP contribution in [-0.4, -0.2) is 49.6 Å². The first-order valence-corrected chi connectivity index (χ1v) is 13.6. The number of nitrogens with one attached hydrogen (secondary N) is 2. The average molecular weight is 522 g/mol. The molecular formula is C30H39N3O5. The minimum absolute atomic E-state index is 0.0768. The van der Waals surface area contributed by atoms with E-state index in [1.165, 1.54) is 12.7 Å². The van der Waals surface area contributed by atoms with E-state index < -0.39 is 6.04 Å². The zero-order valence-corrected chi connectivity index (χ0v) is 22.6. The molecule has 38 heavy (non-hydrogen) atoms. The molecular weight excluding hydrogens is 482 g/mol. The third-order valence-corrected chi connectivity index (χ3v) is 7.90. The Morgan fingerprint density at radius 3 is 2.37 bits per heavy atom. The highest BCUT2D eigenvalue weighted by atomic mass is 16.5. The smallest absolute Gasteiger partial charge is 0.328 e. The van der Waals surface area contributed by atoms with Gasteiger partial charge in [0.25, 0.3) is 0 Å². The number of benzene rings is 2. The van der Waals surface area contributed by atoms with Gasteiger partial charge in [0.1, 0.15) is 11.8 Å². The molecule has 0 unspecified atom stereocenters. The predicted molar refractivity (Wildman–Crippen MR) is 147 cm³/mol. The maximum atomic E-state index is 12.7. The Balaban J connectivity index is 1.22. The number of aryl methyl sites for hydroxylation is 1. The van der Waals surface area contributed by atoms with E-state index in [1.807, 2.05) is 37.3 Å². The van der Waals surface area contributed by atoms with Gasteiger partial charge in [0.15, 0.2) is 0 Å². The van der Waals surface area contributed by atoms with Crippen LogP contribution in [0.15, 0.2) is 42.5 Å². The van der Waals surface area contributed by atoms with E-state index in [9.17, 15) is 14.4 Å². The molecule has 8 heteroatoms. The van der Waals surface area contributed by atoms with Crippen molar-refractivity contribution in [2.75, 3.05) is 31.4 Å². The van der Waals surface area contributed by atoms with Gasteiger partial charge in [-0.3, -0.25) is 4.79 Å². The third kappa shape index (κ3) is 6.85. The summed E-state index contributed by atoms with van der Waals surface area (Å²) in [7, 11) is 2.96. The number of esters is 1. The first-order valence-electron chi connectivity index (χ1n) is 13.6. The van der Waals surface area contributed by atoms with Crippen LogP contribution in [-0.2, 0) is 14.3 Å². The van der Waals surface area contributed by atoms with E-state index >= 15 is 0 Å². The highest BCUT2D eigenvalue weighted by Crippen LogP contribution is 2.38. The molecule has 0 bridgehead atoms. The standard InChI is InChI=1S/C30H39N3O5/c1-20-6-16-27(37-2)25(19-20)32-30(36)31-24-14-12-23(13-15-24)22-10-7-21(8-11-22)9-17-28(34)33-18-4-5-26(33)29(35)38-3/h6,12-16,19,21-22,26H,4-5,7-11,17-18H2,1-3H3,(H2,31,32,36)/t21-,22+,26-/m1/s1. The number of amides is 3.